The van der Waals surface area contributed by atoms with Gasteiger partial charge in [-0.15, -0.1) is 0 Å². The summed E-state index contributed by atoms with van der Waals surface area (Å²) in [5, 5.41) is 19.6. The van der Waals surface area contributed by atoms with Gasteiger partial charge in [0, 0.05) is 0 Å². The summed E-state index contributed by atoms with van der Waals surface area (Å²) < 4.78 is 0. The predicted molar refractivity (Wildman–Crippen MR) is 57.2 cm³/mol. The Bertz CT molecular complexity index is 501. The van der Waals surface area contributed by atoms with Crippen molar-refractivity contribution in [2.24, 2.45) is 0 Å². The molecule has 0 heterocycles. The molecule has 0 aliphatic rings. The standard InChI is InChI=1S/C11H10N2O3/c1-3-8-4-9(6-12)11(13(15)16)10(5-8)7(2)14/h4-5H,3H2,1-2H3. The Morgan fingerprint density at radius 1 is 1.56 bits per heavy atom. The minimum atomic E-state index is -0.686. The molecule has 0 radical (unpaired) electrons. The third-order valence-electron chi connectivity index (χ3n) is 2.26. The van der Waals surface area contributed by atoms with Crippen molar-refractivity contribution in [3.05, 3.63) is 38.9 Å². The normalized spacial score (nSPS) is 9.56. The highest BCUT2D eigenvalue weighted by atomic mass is 16.6. The quantitative estimate of drug-likeness (QED) is 0.442. The Balaban J connectivity index is 3.62. The molecule has 82 valence electrons. The van der Waals surface area contributed by atoms with Crippen LogP contribution < -0.4 is 0 Å². The molecular formula is C11H10N2O3. The first-order chi connectivity index (χ1) is 7.51. The van der Waals surface area contributed by atoms with Crippen molar-refractivity contribution >= 4 is 11.5 Å². The smallest absolute Gasteiger partial charge is 0.294 e. The highest BCUT2D eigenvalue weighted by Crippen LogP contribution is 2.26. The van der Waals surface area contributed by atoms with Crippen molar-refractivity contribution in [3.8, 4) is 6.07 Å². The lowest BCUT2D eigenvalue weighted by Gasteiger charge is -2.04. The largest absolute Gasteiger partial charge is 0.297 e. The van der Waals surface area contributed by atoms with E-state index in [9.17, 15) is 14.9 Å². The van der Waals surface area contributed by atoms with E-state index in [0.29, 0.717) is 6.42 Å². The lowest BCUT2D eigenvalue weighted by molar-refractivity contribution is -0.385. The summed E-state index contributed by atoms with van der Waals surface area (Å²) in [7, 11) is 0. The van der Waals surface area contributed by atoms with E-state index in [1.54, 1.807) is 6.07 Å². The van der Waals surface area contributed by atoms with Crippen LogP contribution in [0.1, 0.15) is 35.3 Å². The molecule has 5 nitrogen and oxygen atoms in total. The number of carbonyl (C=O) groups is 1. The summed E-state index contributed by atoms with van der Waals surface area (Å²) in [5.74, 6) is -0.404. The highest BCUT2D eigenvalue weighted by Gasteiger charge is 2.23. The van der Waals surface area contributed by atoms with Gasteiger partial charge in [-0.2, -0.15) is 5.26 Å². The van der Waals surface area contributed by atoms with Gasteiger partial charge in [-0.25, -0.2) is 0 Å². The zero-order chi connectivity index (χ0) is 12.3. The molecule has 5 heteroatoms. The van der Waals surface area contributed by atoms with E-state index < -0.39 is 16.4 Å². The molecule has 0 bridgehead atoms. The number of ketones is 1. The van der Waals surface area contributed by atoms with Gasteiger partial charge >= 0.3 is 0 Å². The van der Waals surface area contributed by atoms with Crippen molar-refractivity contribution in [2.45, 2.75) is 20.3 Å². The molecule has 0 aliphatic carbocycles. The van der Waals surface area contributed by atoms with Crippen LogP contribution in [0.4, 0.5) is 5.69 Å². The monoisotopic (exact) mass is 218 g/mol. The van der Waals surface area contributed by atoms with Gasteiger partial charge in [-0.05, 0) is 31.0 Å². The minimum absolute atomic E-state index is 0.000833. The van der Waals surface area contributed by atoms with Gasteiger partial charge in [0.05, 0.1) is 10.5 Å². The van der Waals surface area contributed by atoms with Gasteiger partial charge in [0.25, 0.3) is 5.69 Å². The van der Waals surface area contributed by atoms with Gasteiger partial charge in [0.15, 0.2) is 5.78 Å². The van der Waals surface area contributed by atoms with Crippen LogP contribution in [0.15, 0.2) is 12.1 Å². The number of rotatable bonds is 3. The maximum Gasteiger partial charge on any atom is 0.297 e. The van der Waals surface area contributed by atoms with Crippen LogP contribution in [0, 0.1) is 21.4 Å². The summed E-state index contributed by atoms with van der Waals surface area (Å²) >= 11 is 0. The number of Topliss-reactive ketones (excluding diaryl/α,β-unsaturated/α-hetero) is 1. The average molecular weight is 218 g/mol. The molecule has 1 aromatic rings. The second-order valence-electron chi connectivity index (χ2n) is 3.32. The second-order valence-corrected chi connectivity index (χ2v) is 3.32. The molecule has 0 saturated heterocycles. The van der Waals surface area contributed by atoms with Crippen LogP contribution in [0.3, 0.4) is 0 Å². The molecule has 1 aromatic carbocycles. The Kier molecular flexibility index (Phi) is 3.36. The fourth-order valence-electron chi connectivity index (χ4n) is 1.45. The molecule has 16 heavy (non-hydrogen) atoms. The van der Waals surface area contributed by atoms with E-state index in [1.165, 1.54) is 19.1 Å². The van der Waals surface area contributed by atoms with Crippen molar-refractivity contribution in [3.63, 3.8) is 0 Å². The molecule has 0 unspecified atom stereocenters. The van der Waals surface area contributed by atoms with E-state index in [0.717, 1.165) is 5.56 Å². The van der Waals surface area contributed by atoms with Gasteiger partial charge in [0.2, 0.25) is 0 Å². The van der Waals surface area contributed by atoms with Crippen LogP contribution in [0.5, 0.6) is 0 Å². The van der Waals surface area contributed by atoms with Gasteiger partial charge in [-0.3, -0.25) is 14.9 Å². The molecule has 0 spiro atoms. The van der Waals surface area contributed by atoms with Crippen LogP contribution in [0.2, 0.25) is 0 Å². The van der Waals surface area contributed by atoms with E-state index in [4.69, 9.17) is 5.26 Å². The van der Waals surface area contributed by atoms with E-state index >= 15 is 0 Å². The number of benzene rings is 1. The van der Waals surface area contributed by atoms with Crippen LogP contribution in [-0.4, -0.2) is 10.7 Å². The Morgan fingerprint density at radius 2 is 2.19 bits per heavy atom. The van der Waals surface area contributed by atoms with Crippen LogP contribution in [0.25, 0.3) is 0 Å². The number of nitrogens with zero attached hydrogens (tertiary/aromatic N) is 2. The maximum absolute atomic E-state index is 11.3. The lowest BCUT2D eigenvalue weighted by atomic mass is 9.99. The van der Waals surface area contributed by atoms with Crippen molar-refractivity contribution < 1.29 is 9.72 Å². The fourth-order valence-corrected chi connectivity index (χ4v) is 1.45. The number of carbonyl (C=O) groups excluding carboxylic acids is 1. The minimum Gasteiger partial charge on any atom is -0.294 e. The number of nitriles is 1. The molecule has 0 amide bonds. The average Bonchev–Trinajstić information content (AvgIpc) is 2.26. The van der Waals surface area contributed by atoms with Crippen molar-refractivity contribution in [1.29, 1.82) is 5.26 Å². The molecule has 0 atom stereocenters. The molecule has 0 saturated carbocycles. The highest BCUT2D eigenvalue weighted by molar-refractivity contribution is 5.99. The summed E-state index contributed by atoms with van der Waals surface area (Å²) in [6, 6.07) is 4.68. The molecule has 0 N–H and O–H groups in total. The number of aryl methyl sites for hydroxylation is 1. The molecule has 0 aromatic heterocycles. The van der Waals surface area contributed by atoms with Gasteiger partial charge < -0.3 is 0 Å². The lowest BCUT2D eigenvalue weighted by Crippen LogP contribution is -2.04. The first-order valence-electron chi connectivity index (χ1n) is 4.73. The van der Waals surface area contributed by atoms with Crippen LogP contribution >= 0.6 is 0 Å². The van der Waals surface area contributed by atoms with Gasteiger partial charge in [-0.1, -0.05) is 6.92 Å². The number of nitro benzene ring substituents is 1. The third kappa shape index (κ3) is 2.06. The topological polar surface area (TPSA) is 84.0 Å². The molecular weight excluding hydrogens is 208 g/mol. The summed E-state index contributed by atoms with van der Waals surface area (Å²) in [5.41, 5.74) is 0.287. The predicted octanol–water partition coefficient (Wildman–Crippen LogP) is 2.23. The number of hydrogen-bond acceptors (Lipinski definition) is 4. The summed E-state index contributed by atoms with van der Waals surface area (Å²) in [6.45, 7) is 3.11. The Hall–Kier alpha value is -2.22. The third-order valence-corrected chi connectivity index (χ3v) is 2.26. The Labute approximate surface area is 92.5 Å². The summed E-state index contributed by atoms with van der Waals surface area (Å²) in [6.07, 6.45) is 0.618. The summed E-state index contributed by atoms with van der Waals surface area (Å²) in [4.78, 5) is 21.4. The first kappa shape index (κ1) is 11.9. The zero-order valence-electron chi connectivity index (χ0n) is 8.98. The van der Waals surface area contributed by atoms with Crippen molar-refractivity contribution in [2.75, 3.05) is 0 Å². The molecule has 0 aliphatic heterocycles. The molecule has 1 rings (SSSR count). The SMILES string of the molecule is CCc1cc(C#N)c([N+](=O)[O-])c(C(C)=O)c1. The maximum atomic E-state index is 11.3. The van der Waals surface area contributed by atoms with Crippen molar-refractivity contribution in [1.82, 2.24) is 0 Å². The zero-order valence-corrected chi connectivity index (χ0v) is 8.98. The Morgan fingerprint density at radius 3 is 2.56 bits per heavy atom. The first-order valence-corrected chi connectivity index (χ1v) is 4.73. The number of hydrogen-bond donors (Lipinski definition) is 0. The van der Waals surface area contributed by atoms with E-state index in [2.05, 4.69) is 0 Å². The number of nitro groups is 1. The van der Waals surface area contributed by atoms with Gasteiger partial charge in [0.1, 0.15) is 11.6 Å². The van der Waals surface area contributed by atoms with Crippen LogP contribution in [-0.2, 0) is 6.42 Å². The fraction of sp³-hybridized carbons (Fsp3) is 0.273. The second kappa shape index (κ2) is 4.53. The van der Waals surface area contributed by atoms with E-state index in [1.807, 2.05) is 6.92 Å². The van der Waals surface area contributed by atoms with E-state index in [-0.39, 0.29) is 11.1 Å². The molecule has 0 fully saturated rings.